The number of thiophene rings is 1. The highest BCUT2D eigenvalue weighted by atomic mass is 79.9. The van der Waals surface area contributed by atoms with E-state index in [1.165, 1.54) is 58.3 Å². The fraction of sp³-hybridized carbons (Fsp3) is 0.733. The third-order valence-corrected chi connectivity index (χ3v) is 7.92. The maximum absolute atomic E-state index is 3.67. The maximum Gasteiger partial charge on any atom is 0.0843 e. The van der Waals surface area contributed by atoms with Crippen LogP contribution in [0, 0.1) is 5.92 Å². The van der Waals surface area contributed by atoms with Crippen LogP contribution in [0.2, 0.25) is 0 Å². The van der Waals surface area contributed by atoms with Crippen molar-refractivity contribution in [2.24, 2.45) is 5.92 Å². The van der Waals surface area contributed by atoms with Crippen molar-refractivity contribution in [1.82, 2.24) is 10.2 Å². The molecule has 1 aromatic heterocycles. The summed E-state index contributed by atoms with van der Waals surface area (Å²) in [5.41, 5.74) is 0. The molecular formula is C15H24Br2Cl2N2S. The van der Waals surface area contributed by atoms with Gasteiger partial charge in [0.1, 0.15) is 0 Å². The summed E-state index contributed by atoms with van der Waals surface area (Å²) in [4.78, 5) is 4.26. The SMILES string of the molecule is Brc1cc([C@@H](C2CCCCC2)N2CCNCC2)sc1Br.Cl.Cl. The lowest BCUT2D eigenvalue weighted by atomic mass is 9.82. The number of hydrogen-bond acceptors (Lipinski definition) is 3. The van der Waals surface area contributed by atoms with Gasteiger partial charge in [-0.25, -0.2) is 0 Å². The summed E-state index contributed by atoms with van der Waals surface area (Å²) in [5, 5.41) is 3.48. The summed E-state index contributed by atoms with van der Waals surface area (Å²) in [7, 11) is 0. The third kappa shape index (κ3) is 5.08. The molecule has 2 aliphatic rings. The van der Waals surface area contributed by atoms with Crippen LogP contribution in [0.15, 0.2) is 14.3 Å². The molecule has 1 N–H and O–H groups in total. The topological polar surface area (TPSA) is 15.3 Å². The number of halogens is 4. The summed E-state index contributed by atoms with van der Waals surface area (Å²) in [6, 6.07) is 2.97. The van der Waals surface area contributed by atoms with E-state index in [2.05, 4.69) is 48.1 Å². The lowest BCUT2D eigenvalue weighted by molar-refractivity contribution is 0.106. The van der Waals surface area contributed by atoms with Crippen LogP contribution in [0.3, 0.4) is 0 Å². The summed E-state index contributed by atoms with van der Waals surface area (Å²) >= 11 is 9.26. The van der Waals surface area contributed by atoms with Gasteiger partial charge in [0.15, 0.2) is 0 Å². The largest absolute Gasteiger partial charge is 0.314 e. The van der Waals surface area contributed by atoms with Gasteiger partial charge in [0, 0.05) is 41.6 Å². The molecule has 0 amide bonds. The third-order valence-electron chi connectivity index (χ3n) is 4.60. The smallest absolute Gasteiger partial charge is 0.0843 e. The number of hydrogen-bond donors (Lipinski definition) is 1. The van der Waals surface area contributed by atoms with Gasteiger partial charge in [0.25, 0.3) is 0 Å². The van der Waals surface area contributed by atoms with Crippen LogP contribution in [-0.4, -0.2) is 31.1 Å². The summed E-state index contributed by atoms with van der Waals surface area (Å²) in [5.74, 6) is 0.847. The number of piperazine rings is 1. The second-order valence-corrected chi connectivity index (χ2v) is 9.16. The van der Waals surface area contributed by atoms with Crippen LogP contribution in [0.25, 0.3) is 0 Å². The van der Waals surface area contributed by atoms with Gasteiger partial charge in [-0.1, -0.05) is 19.3 Å². The van der Waals surface area contributed by atoms with Crippen molar-refractivity contribution < 1.29 is 0 Å². The van der Waals surface area contributed by atoms with Crippen molar-refractivity contribution >= 4 is 68.0 Å². The van der Waals surface area contributed by atoms with Gasteiger partial charge in [-0.3, -0.25) is 4.90 Å². The Morgan fingerprint density at radius 2 is 1.73 bits per heavy atom. The fourth-order valence-electron chi connectivity index (χ4n) is 3.63. The molecule has 128 valence electrons. The Morgan fingerprint density at radius 3 is 2.27 bits per heavy atom. The molecule has 0 radical (unpaired) electrons. The van der Waals surface area contributed by atoms with Crippen LogP contribution < -0.4 is 5.32 Å². The molecule has 1 aliphatic carbocycles. The van der Waals surface area contributed by atoms with Crippen LogP contribution in [0.4, 0.5) is 0 Å². The fourth-order valence-corrected chi connectivity index (χ4v) is 5.95. The van der Waals surface area contributed by atoms with Gasteiger partial charge in [0.2, 0.25) is 0 Å². The van der Waals surface area contributed by atoms with Crippen molar-refractivity contribution in [1.29, 1.82) is 0 Å². The molecule has 0 spiro atoms. The Bertz CT molecular complexity index is 409. The predicted molar refractivity (Wildman–Crippen MR) is 108 cm³/mol. The molecule has 1 aromatic rings. The number of nitrogens with zero attached hydrogens (tertiary/aromatic N) is 1. The van der Waals surface area contributed by atoms with E-state index in [-0.39, 0.29) is 24.8 Å². The van der Waals surface area contributed by atoms with Gasteiger partial charge in [-0.15, -0.1) is 36.2 Å². The normalized spacial score (nSPS) is 21.7. The van der Waals surface area contributed by atoms with E-state index in [0.29, 0.717) is 6.04 Å². The summed E-state index contributed by atoms with van der Waals surface area (Å²) < 4.78 is 2.46. The Morgan fingerprint density at radius 1 is 1.09 bits per heavy atom. The lowest BCUT2D eigenvalue weighted by Crippen LogP contribution is -2.47. The van der Waals surface area contributed by atoms with E-state index in [1.54, 1.807) is 0 Å². The Balaban J connectivity index is 0.00000121. The van der Waals surface area contributed by atoms with Crippen LogP contribution in [0.1, 0.15) is 43.0 Å². The van der Waals surface area contributed by atoms with E-state index in [0.717, 1.165) is 19.0 Å². The first-order valence-electron chi connectivity index (χ1n) is 7.65. The molecule has 2 fully saturated rings. The highest BCUT2D eigenvalue weighted by Gasteiger charge is 2.32. The first-order valence-corrected chi connectivity index (χ1v) is 10.1. The van der Waals surface area contributed by atoms with Crippen LogP contribution in [-0.2, 0) is 0 Å². The van der Waals surface area contributed by atoms with Crippen LogP contribution in [0.5, 0.6) is 0 Å². The molecule has 1 saturated carbocycles. The van der Waals surface area contributed by atoms with Crippen molar-refractivity contribution in [3.8, 4) is 0 Å². The average Bonchev–Trinajstić information content (AvgIpc) is 2.81. The van der Waals surface area contributed by atoms with Crippen molar-refractivity contribution in [3.05, 3.63) is 19.2 Å². The van der Waals surface area contributed by atoms with Gasteiger partial charge in [-0.05, 0) is 56.7 Å². The Kier molecular flexibility index (Phi) is 9.85. The van der Waals surface area contributed by atoms with E-state index >= 15 is 0 Å². The van der Waals surface area contributed by atoms with E-state index < -0.39 is 0 Å². The van der Waals surface area contributed by atoms with Gasteiger partial charge in [0.05, 0.1) is 3.79 Å². The quantitative estimate of drug-likeness (QED) is 0.584. The molecule has 3 rings (SSSR count). The molecule has 1 saturated heterocycles. The van der Waals surface area contributed by atoms with Crippen molar-refractivity contribution in [3.63, 3.8) is 0 Å². The standard InChI is InChI=1S/C15H22Br2N2S.2ClH/c16-12-10-13(20-15(12)17)14(11-4-2-1-3-5-11)19-8-6-18-7-9-19;;/h10-11,14,18H,1-9H2;2*1H/t14-;;/m1../s1. The van der Waals surface area contributed by atoms with Gasteiger partial charge >= 0.3 is 0 Å². The zero-order valence-corrected chi connectivity index (χ0v) is 18.1. The molecule has 1 atom stereocenters. The molecule has 1 aliphatic heterocycles. The minimum atomic E-state index is 0. The zero-order valence-electron chi connectivity index (χ0n) is 12.5. The predicted octanol–water partition coefficient (Wildman–Crippen LogP) is 5.64. The van der Waals surface area contributed by atoms with Crippen molar-refractivity contribution in [2.75, 3.05) is 26.2 Å². The van der Waals surface area contributed by atoms with Gasteiger partial charge in [-0.2, -0.15) is 0 Å². The summed E-state index contributed by atoms with van der Waals surface area (Å²) in [6.07, 6.45) is 7.08. The van der Waals surface area contributed by atoms with Crippen LogP contribution >= 0.6 is 68.0 Å². The minimum absolute atomic E-state index is 0. The summed E-state index contributed by atoms with van der Waals surface area (Å²) in [6.45, 7) is 4.65. The molecule has 2 heterocycles. The Labute approximate surface area is 166 Å². The monoisotopic (exact) mass is 492 g/mol. The molecular weight excluding hydrogens is 471 g/mol. The highest BCUT2D eigenvalue weighted by molar-refractivity contribution is 9.13. The lowest BCUT2D eigenvalue weighted by Gasteiger charge is -2.40. The molecule has 22 heavy (non-hydrogen) atoms. The molecule has 2 nitrogen and oxygen atoms in total. The second-order valence-electron chi connectivity index (χ2n) is 5.90. The van der Waals surface area contributed by atoms with Crippen molar-refractivity contribution in [2.45, 2.75) is 38.1 Å². The molecule has 0 aromatic carbocycles. The molecule has 0 unspecified atom stereocenters. The highest BCUT2D eigenvalue weighted by Crippen LogP contribution is 2.44. The Hall–Kier alpha value is 1.16. The minimum Gasteiger partial charge on any atom is -0.314 e. The average molecular weight is 495 g/mol. The van der Waals surface area contributed by atoms with E-state index in [4.69, 9.17) is 0 Å². The van der Waals surface area contributed by atoms with Gasteiger partial charge < -0.3 is 5.32 Å². The maximum atomic E-state index is 3.67. The number of rotatable bonds is 3. The molecule has 0 bridgehead atoms. The first-order chi connectivity index (χ1) is 9.75. The second kappa shape index (κ2) is 10.2. The first kappa shape index (κ1) is 21.2. The zero-order chi connectivity index (χ0) is 13.9. The van der Waals surface area contributed by atoms with E-state index in [9.17, 15) is 0 Å². The molecule has 7 heteroatoms. The number of nitrogens with one attached hydrogen (secondary N) is 1. The van der Waals surface area contributed by atoms with E-state index in [1.807, 2.05) is 11.3 Å².